The van der Waals surface area contributed by atoms with Crippen molar-refractivity contribution in [2.24, 2.45) is 0 Å². The van der Waals surface area contributed by atoms with E-state index in [2.05, 4.69) is 10.3 Å². The molecule has 6 heteroatoms. The van der Waals surface area contributed by atoms with Crippen LogP contribution in [0, 0.1) is 0 Å². The van der Waals surface area contributed by atoms with E-state index in [0.29, 0.717) is 29.4 Å². The van der Waals surface area contributed by atoms with E-state index in [1.807, 2.05) is 30.3 Å². The van der Waals surface area contributed by atoms with Crippen molar-refractivity contribution in [3.63, 3.8) is 0 Å². The lowest BCUT2D eigenvalue weighted by Crippen LogP contribution is -2.15. The average molecular weight is 350 g/mol. The van der Waals surface area contributed by atoms with Crippen molar-refractivity contribution >= 4 is 17.6 Å². The molecule has 2 aromatic carbocycles. The molecule has 0 bridgehead atoms. The first kappa shape index (κ1) is 17.4. The van der Waals surface area contributed by atoms with Crippen molar-refractivity contribution in [2.45, 2.75) is 13.3 Å². The predicted octanol–water partition coefficient (Wildman–Crippen LogP) is 3.70. The zero-order valence-electron chi connectivity index (χ0n) is 14.3. The fraction of sp³-hybridized carbons (Fsp3) is 0.150. The van der Waals surface area contributed by atoms with Gasteiger partial charge >= 0.3 is 5.97 Å². The predicted molar refractivity (Wildman–Crippen MR) is 96.7 cm³/mol. The molecule has 1 N–H and O–H groups in total. The first-order chi connectivity index (χ1) is 12.7. The van der Waals surface area contributed by atoms with Crippen molar-refractivity contribution in [2.75, 3.05) is 11.9 Å². The first-order valence-electron chi connectivity index (χ1n) is 8.22. The zero-order valence-corrected chi connectivity index (χ0v) is 14.3. The van der Waals surface area contributed by atoms with Crippen molar-refractivity contribution in [1.82, 2.24) is 4.98 Å². The van der Waals surface area contributed by atoms with Crippen LogP contribution < -0.4 is 5.32 Å². The third-order valence-electron chi connectivity index (χ3n) is 3.57. The summed E-state index contributed by atoms with van der Waals surface area (Å²) in [5, 5.41) is 2.75. The summed E-state index contributed by atoms with van der Waals surface area (Å²) in [6.07, 6.45) is 1.54. The van der Waals surface area contributed by atoms with Gasteiger partial charge in [0.2, 0.25) is 11.8 Å². The number of amides is 1. The summed E-state index contributed by atoms with van der Waals surface area (Å²) in [4.78, 5) is 28.3. The number of carbonyl (C=O) groups is 2. The Morgan fingerprint density at radius 1 is 1.12 bits per heavy atom. The fourth-order valence-corrected chi connectivity index (χ4v) is 2.41. The second-order valence-corrected chi connectivity index (χ2v) is 5.54. The SMILES string of the molecule is CCOC(=O)c1cccc(NC(=O)Cc2coc(-c3ccccc3)n2)c1. The number of anilines is 1. The maximum Gasteiger partial charge on any atom is 0.338 e. The molecule has 0 radical (unpaired) electrons. The molecule has 0 aliphatic carbocycles. The molecule has 0 atom stereocenters. The number of aromatic nitrogens is 1. The van der Waals surface area contributed by atoms with Gasteiger partial charge in [0.05, 0.1) is 24.3 Å². The van der Waals surface area contributed by atoms with Crippen LogP contribution in [0.3, 0.4) is 0 Å². The Hall–Kier alpha value is -3.41. The highest BCUT2D eigenvalue weighted by Gasteiger charge is 2.12. The minimum Gasteiger partial charge on any atom is -0.462 e. The van der Waals surface area contributed by atoms with E-state index in [0.717, 1.165) is 5.56 Å². The third-order valence-corrected chi connectivity index (χ3v) is 3.57. The van der Waals surface area contributed by atoms with E-state index in [1.54, 1.807) is 31.2 Å². The van der Waals surface area contributed by atoms with Crippen LogP contribution in [-0.2, 0) is 16.0 Å². The van der Waals surface area contributed by atoms with Gasteiger partial charge in [0.25, 0.3) is 0 Å². The van der Waals surface area contributed by atoms with Crippen LogP contribution in [0.15, 0.2) is 65.3 Å². The quantitative estimate of drug-likeness (QED) is 0.686. The van der Waals surface area contributed by atoms with E-state index >= 15 is 0 Å². The van der Waals surface area contributed by atoms with Crippen LogP contribution in [0.4, 0.5) is 5.69 Å². The smallest absolute Gasteiger partial charge is 0.338 e. The van der Waals surface area contributed by atoms with Crippen molar-refractivity contribution < 1.29 is 18.7 Å². The fourth-order valence-electron chi connectivity index (χ4n) is 2.41. The number of benzene rings is 2. The van der Waals surface area contributed by atoms with Crippen LogP contribution in [0.25, 0.3) is 11.5 Å². The summed E-state index contributed by atoms with van der Waals surface area (Å²) < 4.78 is 10.4. The molecule has 132 valence electrons. The van der Waals surface area contributed by atoms with Crippen LogP contribution in [0.2, 0.25) is 0 Å². The number of esters is 1. The van der Waals surface area contributed by atoms with Gasteiger partial charge in [-0.15, -0.1) is 0 Å². The lowest BCUT2D eigenvalue weighted by atomic mass is 10.2. The minimum atomic E-state index is -0.424. The highest BCUT2D eigenvalue weighted by atomic mass is 16.5. The Kier molecular flexibility index (Phi) is 5.43. The number of nitrogens with one attached hydrogen (secondary N) is 1. The third kappa shape index (κ3) is 4.36. The Labute approximate surface area is 150 Å². The standard InChI is InChI=1S/C20H18N2O4/c1-2-25-20(24)15-9-6-10-16(11-15)21-18(23)12-17-13-26-19(22-17)14-7-4-3-5-8-14/h3-11,13H,2,12H2,1H3,(H,21,23). The summed E-state index contributed by atoms with van der Waals surface area (Å²) in [7, 11) is 0. The van der Waals surface area contributed by atoms with Gasteiger partial charge in [0.1, 0.15) is 6.26 Å². The van der Waals surface area contributed by atoms with Crippen molar-refractivity contribution in [3.05, 3.63) is 72.1 Å². The summed E-state index contributed by atoms with van der Waals surface area (Å²) in [6.45, 7) is 2.04. The van der Waals surface area contributed by atoms with E-state index in [1.165, 1.54) is 6.26 Å². The van der Waals surface area contributed by atoms with Gasteiger partial charge in [0, 0.05) is 11.3 Å². The molecule has 1 aromatic heterocycles. The molecule has 1 heterocycles. The van der Waals surface area contributed by atoms with Crippen molar-refractivity contribution in [3.8, 4) is 11.5 Å². The zero-order chi connectivity index (χ0) is 18.4. The van der Waals surface area contributed by atoms with E-state index < -0.39 is 5.97 Å². The summed E-state index contributed by atoms with van der Waals surface area (Å²) in [5.74, 6) is -0.204. The molecule has 6 nitrogen and oxygen atoms in total. The molecule has 0 saturated carbocycles. The molecule has 0 fully saturated rings. The largest absolute Gasteiger partial charge is 0.462 e. The number of ether oxygens (including phenoxy) is 1. The molecule has 0 aliphatic rings. The van der Waals surface area contributed by atoms with E-state index in [-0.39, 0.29) is 12.3 Å². The monoisotopic (exact) mass is 350 g/mol. The Morgan fingerprint density at radius 2 is 1.92 bits per heavy atom. The molecule has 3 aromatic rings. The normalized spacial score (nSPS) is 10.3. The van der Waals surface area contributed by atoms with Gasteiger partial charge in [-0.1, -0.05) is 24.3 Å². The molecule has 26 heavy (non-hydrogen) atoms. The molecular weight excluding hydrogens is 332 g/mol. The molecule has 0 unspecified atom stereocenters. The topological polar surface area (TPSA) is 81.4 Å². The van der Waals surface area contributed by atoms with Crippen LogP contribution >= 0.6 is 0 Å². The van der Waals surface area contributed by atoms with Gasteiger partial charge in [-0.05, 0) is 37.3 Å². The summed E-state index contributed by atoms with van der Waals surface area (Å²) >= 11 is 0. The highest BCUT2D eigenvalue weighted by molar-refractivity contribution is 5.95. The molecule has 0 saturated heterocycles. The summed E-state index contributed by atoms with van der Waals surface area (Å²) in [6, 6.07) is 16.1. The Morgan fingerprint density at radius 3 is 2.69 bits per heavy atom. The van der Waals surface area contributed by atoms with Gasteiger partial charge < -0.3 is 14.5 Å². The summed E-state index contributed by atoms with van der Waals surface area (Å²) in [5.41, 5.74) is 2.29. The number of rotatable bonds is 6. The van der Waals surface area contributed by atoms with E-state index in [4.69, 9.17) is 9.15 Å². The van der Waals surface area contributed by atoms with E-state index in [9.17, 15) is 9.59 Å². The average Bonchev–Trinajstić information content (AvgIpc) is 3.11. The lowest BCUT2D eigenvalue weighted by Gasteiger charge is -2.06. The number of hydrogen-bond donors (Lipinski definition) is 1. The maximum absolute atomic E-state index is 12.2. The Bertz CT molecular complexity index is 903. The lowest BCUT2D eigenvalue weighted by molar-refractivity contribution is -0.115. The number of nitrogens with zero attached hydrogens (tertiary/aromatic N) is 1. The number of oxazole rings is 1. The minimum absolute atomic E-state index is 0.0694. The molecule has 0 aliphatic heterocycles. The second kappa shape index (κ2) is 8.11. The highest BCUT2D eigenvalue weighted by Crippen LogP contribution is 2.18. The van der Waals surface area contributed by atoms with Crippen LogP contribution in [-0.4, -0.2) is 23.5 Å². The molecule has 3 rings (SSSR count). The number of carbonyl (C=O) groups excluding carboxylic acids is 2. The molecular formula is C20H18N2O4. The molecule has 1 amide bonds. The van der Waals surface area contributed by atoms with Gasteiger partial charge in [-0.3, -0.25) is 4.79 Å². The van der Waals surface area contributed by atoms with Gasteiger partial charge in [-0.25, -0.2) is 9.78 Å². The van der Waals surface area contributed by atoms with Gasteiger partial charge in [-0.2, -0.15) is 0 Å². The van der Waals surface area contributed by atoms with Gasteiger partial charge in [0.15, 0.2) is 0 Å². The molecule has 0 spiro atoms. The van der Waals surface area contributed by atoms with Crippen molar-refractivity contribution in [1.29, 1.82) is 0 Å². The second-order valence-electron chi connectivity index (χ2n) is 5.54. The number of hydrogen-bond acceptors (Lipinski definition) is 5. The maximum atomic E-state index is 12.2. The van der Waals surface area contributed by atoms with Crippen LogP contribution in [0.1, 0.15) is 23.0 Å². The van der Waals surface area contributed by atoms with Crippen LogP contribution in [0.5, 0.6) is 0 Å². The Balaban J connectivity index is 1.64. The first-order valence-corrected chi connectivity index (χ1v) is 8.22.